The highest BCUT2D eigenvalue weighted by molar-refractivity contribution is 5.40. The Morgan fingerprint density at radius 1 is 1.29 bits per heavy atom. The van der Waals surface area contributed by atoms with Crippen LogP contribution in [0.25, 0.3) is 0 Å². The zero-order valence-corrected chi connectivity index (χ0v) is 13.2. The number of ether oxygens (including phenoxy) is 1. The van der Waals surface area contributed by atoms with Crippen LogP contribution in [0.3, 0.4) is 0 Å². The van der Waals surface area contributed by atoms with E-state index >= 15 is 0 Å². The van der Waals surface area contributed by atoms with Crippen LogP contribution in [0, 0.1) is 5.21 Å². The first-order chi connectivity index (χ1) is 10.1. The van der Waals surface area contributed by atoms with Crippen molar-refractivity contribution >= 4 is 5.82 Å². The van der Waals surface area contributed by atoms with Crippen molar-refractivity contribution in [3.63, 3.8) is 0 Å². The lowest BCUT2D eigenvalue weighted by Gasteiger charge is -2.62. The molecule has 2 atom stereocenters. The molecule has 2 aliphatic rings. The van der Waals surface area contributed by atoms with Crippen molar-refractivity contribution in [1.82, 2.24) is 4.98 Å². The van der Waals surface area contributed by atoms with E-state index in [1.807, 2.05) is 6.20 Å². The van der Waals surface area contributed by atoms with Crippen LogP contribution >= 0.6 is 0 Å². The number of hydrogen-bond donors (Lipinski definition) is 0. The number of anilines is 1. The van der Waals surface area contributed by atoms with Gasteiger partial charge in [0, 0.05) is 6.20 Å². The average Bonchev–Trinajstić information content (AvgIpc) is 2.43. The van der Waals surface area contributed by atoms with Crippen LogP contribution in [0.5, 0.6) is 0 Å². The molecule has 2 fully saturated rings. The summed E-state index contributed by atoms with van der Waals surface area (Å²) >= 11 is 0. The van der Waals surface area contributed by atoms with Crippen LogP contribution < -0.4 is 4.90 Å². The molecule has 2 saturated heterocycles. The minimum Gasteiger partial charge on any atom is -0.632 e. The third-order valence-electron chi connectivity index (χ3n) is 5.08. The van der Waals surface area contributed by atoms with E-state index in [-0.39, 0.29) is 22.8 Å². The molecule has 0 amide bonds. The van der Waals surface area contributed by atoms with Crippen LogP contribution in [0.2, 0.25) is 0 Å². The second-order valence-corrected chi connectivity index (χ2v) is 6.44. The molecule has 0 aromatic carbocycles. The Labute approximate surface area is 126 Å². The lowest BCUT2D eigenvalue weighted by Crippen LogP contribution is -2.73. The van der Waals surface area contributed by atoms with Gasteiger partial charge in [-0.05, 0) is 31.9 Å². The Kier molecular flexibility index (Phi) is 3.90. The first-order valence-electron chi connectivity index (χ1n) is 7.92. The normalized spacial score (nSPS) is 33.8. The second-order valence-electron chi connectivity index (χ2n) is 6.44. The Hall–Kier alpha value is -1.17. The molecule has 1 aromatic rings. The monoisotopic (exact) mass is 291 g/mol. The number of hydroxylamine groups is 3. The quantitative estimate of drug-likeness (QED) is 0.631. The molecule has 1 aromatic heterocycles. The van der Waals surface area contributed by atoms with E-state index in [9.17, 15) is 5.21 Å². The SMILES string of the molecule is CCc1ccc(N2CC(C)[N+]([O-])(C3COC3)C(C)C2)nc1. The zero-order valence-electron chi connectivity index (χ0n) is 13.2. The third-order valence-corrected chi connectivity index (χ3v) is 5.08. The van der Waals surface area contributed by atoms with Gasteiger partial charge in [0.15, 0.2) is 0 Å². The summed E-state index contributed by atoms with van der Waals surface area (Å²) in [5, 5.41) is 13.3. The summed E-state index contributed by atoms with van der Waals surface area (Å²) in [5.74, 6) is 0.988. The fourth-order valence-corrected chi connectivity index (χ4v) is 3.58. The molecule has 0 spiro atoms. The van der Waals surface area contributed by atoms with Gasteiger partial charge in [-0.3, -0.25) is 0 Å². The summed E-state index contributed by atoms with van der Waals surface area (Å²) in [5.41, 5.74) is 1.25. The molecular formula is C16H25N3O2. The molecule has 5 heteroatoms. The van der Waals surface area contributed by atoms with Crippen molar-refractivity contribution in [1.29, 1.82) is 0 Å². The standard InChI is InChI=1S/C16H25N3O2/c1-4-14-5-6-16(17-7-14)18-8-12(2)19(20,13(3)9-18)15-10-21-11-15/h5-7,12-13,15H,4,8-11H2,1-3H3. The first-order valence-corrected chi connectivity index (χ1v) is 7.92. The summed E-state index contributed by atoms with van der Waals surface area (Å²) < 4.78 is 5.14. The number of rotatable bonds is 3. The van der Waals surface area contributed by atoms with Gasteiger partial charge in [-0.15, -0.1) is 0 Å². The fourth-order valence-electron chi connectivity index (χ4n) is 3.58. The highest BCUT2D eigenvalue weighted by atomic mass is 16.6. The Morgan fingerprint density at radius 3 is 2.38 bits per heavy atom. The van der Waals surface area contributed by atoms with Crippen LogP contribution in [-0.4, -0.2) is 54.1 Å². The molecule has 2 aliphatic heterocycles. The van der Waals surface area contributed by atoms with Crippen molar-refractivity contribution in [3.8, 4) is 0 Å². The maximum atomic E-state index is 13.3. The smallest absolute Gasteiger partial charge is 0.136 e. The highest BCUT2D eigenvalue weighted by Crippen LogP contribution is 2.33. The van der Waals surface area contributed by atoms with E-state index in [1.54, 1.807) is 0 Å². The minimum atomic E-state index is -0.108. The van der Waals surface area contributed by atoms with Crippen molar-refractivity contribution in [2.24, 2.45) is 0 Å². The molecule has 0 radical (unpaired) electrons. The lowest BCUT2D eigenvalue weighted by atomic mass is 10.0. The van der Waals surface area contributed by atoms with E-state index in [2.05, 4.69) is 42.8 Å². The van der Waals surface area contributed by atoms with Gasteiger partial charge in [0.25, 0.3) is 0 Å². The molecule has 116 valence electrons. The Bertz CT molecular complexity index is 475. The average molecular weight is 291 g/mol. The summed E-state index contributed by atoms with van der Waals surface area (Å²) in [7, 11) is 0. The molecule has 0 aliphatic carbocycles. The van der Waals surface area contributed by atoms with E-state index in [0.29, 0.717) is 13.2 Å². The van der Waals surface area contributed by atoms with Crippen molar-refractivity contribution < 1.29 is 9.38 Å². The summed E-state index contributed by atoms with van der Waals surface area (Å²) in [6, 6.07) is 4.43. The topological polar surface area (TPSA) is 48.4 Å². The highest BCUT2D eigenvalue weighted by Gasteiger charge is 2.47. The number of pyridine rings is 1. The number of aromatic nitrogens is 1. The maximum absolute atomic E-state index is 13.3. The van der Waals surface area contributed by atoms with Gasteiger partial charge < -0.3 is 19.5 Å². The predicted molar refractivity (Wildman–Crippen MR) is 83.0 cm³/mol. The van der Waals surface area contributed by atoms with Crippen LogP contribution in [0.1, 0.15) is 26.3 Å². The number of hydrogen-bond acceptors (Lipinski definition) is 4. The molecule has 0 N–H and O–H groups in total. The van der Waals surface area contributed by atoms with Gasteiger partial charge in [0.05, 0.1) is 13.1 Å². The van der Waals surface area contributed by atoms with Crippen LogP contribution in [0.15, 0.2) is 18.3 Å². The Morgan fingerprint density at radius 2 is 1.95 bits per heavy atom. The van der Waals surface area contributed by atoms with Gasteiger partial charge in [-0.25, -0.2) is 4.98 Å². The summed E-state index contributed by atoms with van der Waals surface area (Å²) in [6.45, 7) is 9.02. The van der Waals surface area contributed by atoms with E-state index in [4.69, 9.17) is 4.74 Å². The van der Waals surface area contributed by atoms with E-state index in [1.165, 1.54) is 5.56 Å². The molecular weight excluding hydrogens is 266 g/mol. The van der Waals surface area contributed by atoms with Crippen molar-refractivity contribution in [3.05, 3.63) is 29.1 Å². The van der Waals surface area contributed by atoms with E-state index in [0.717, 1.165) is 25.3 Å². The van der Waals surface area contributed by atoms with Gasteiger partial charge in [0.2, 0.25) is 0 Å². The number of piperazine rings is 1. The van der Waals surface area contributed by atoms with E-state index < -0.39 is 0 Å². The molecule has 21 heavy (non-hydrogen) atoms. The molecule has 5 nitrogen and oxygen atoms in total. The van der Waals surface area contributed by atoms with Gasteiger partial charge in [-0.2, -0.15) is 0 Å². The molecule has 0 saturated carbocycles. The third kappa shape index (κ3) is 2.43. The number of nitrogens with zero attached hydrogens (tertiary/aromatic N) is 3. The Balaban J connectivity index is 1.76. The van der Waals surface area contributed by atoms with Crippen LogP contribution in [0.4, 0.5) is 5.82 Å². The van der Waals surface area contributed by atoms with Crippen molar-refractivity contribution in [2.75, 3.05) is 31.2 Å². The second kappa shape index (κ2) is 5.55. The zero-order chi connectivity index (χ0) is 15.0. The lowest BCUT2D eigenvalue weighted by molar-refractivity contribution is -0.957. The number of aryl methyl sites for hydroxylation is 1. The maximum Gasteiger partial charge on any atom is 0.136 e. The summed E-state index contributed by atoms with van der Waals surface area (Å²) in [4.78, 5) is 6.81. The predicted octanol–water partition coefficient (Wildman–Crippen LogP) is 1.95. The van der Waals surface area contributed by atoms with Crippen molar-refractivity contribution in [2.45, 2.75) is 45.3 Å². The molecule has 0 bridgehead atoms. The van der Waals surface area contributed by atoms with Gasteiger partial charge in [0.1, 0.15) is 37.2 Å². The molecule has 2 unspecified atom stereocenters. The summed E-state index contributed by atoms with van der Waals surface area (Å²) in [6.07, 6.45) is 2.95. The van der Waals surface area contributed by atoms with Gasteiger partial charge >= 0.3 is 0 Å². The fraction of sp³-hybridized carbons (Fsp3) is 0.688. The molecule has 3 rings (SSSR count). The van der Waals surface area contributed by atoms with Crippen LogP contribution in [-0.2, 0) is 11.2 Å². The number of quaternary nitrogens is 1. The molecule has 3 heterocycles. The van der Waals surface area contributed by atoms with Gasteiger partial charge in [-0.1, -0.05) is 13.0 Å². The largest absolute Gasteiger partial charge is 0.632 e. The first kappa shape index (κ1) is 14.8. The minimum absolute atomic E-state index is 0.0512.